The first-order valence-corrected chi connectivity index (χ1v) is 8.49. The van der Waals surface area contributed by atoms with E-state index in [2.05, 4.69) is 6.92 Å². The molecule has 0 saturated carbocycles. The molecule has 0 heterocycles. The second-order valence-electron chi connectivity index (χ2n) is 5.36. The lowest BCUT2D eigenvalue weighted by Gasteiger charge is -2.12. The second kappa shape index (κ2) is 14.2. The fourth-order valence-electron chi connectivity index (χ4n) is 2.16. The molecular weight excluding hydrogens is 260 g/mol. The van der Waals surface area contributed by atoms with Crippen molar-refractivity contribution in [3.63, 3.8) is 0 Å². The number of alkyl halides is 1. The highest BCUT2D eigenvalue weighted by Gasteiger charge is 2.08. The Kier molecular flexibility index (Phi) is 14.0. The minimum absolute atomic E-state index is 0.0419. The molecule has 0 spiro atoms. The van der Waals surface area contributed by atoms with Gasteiger partial charge in [-0.2, -0.15) is 0 Å². The zero-order valence-corrected chi connectivity index (χ0v) is 13.5. The Morgan fingerprint density at radius 1 is 1.00 bits per heavy atom. The highest BCUT2D eigenvalue weighted by atomic mass is 35.5. The lowest BCUT2D eigenvalue weighted by atomic mass is 10.1. The zero-order valence-electron chi connectivity index (χ0n) is 12.8. The van der Waals surface area contributed by atoms with E-state index in [0.29, 0.717) is 12.3 Å². The van der Waals surface area contributed by atoms with Crippen LogP contribution in [0.2, 0.25) is 0 Å². The van der Waals surface area contributed by atoms with Crippen LogP contribution < -0.4 is 0 Å². The van der Waals surface area contributed by atoms with Gasteiger partial charge in [0, 0.05) is 5.88 Å². The summed E-state index contributed by atoms with van der Waals surface area (Å²) in [6.45, 7) is 4.22. The summed E-state index contributed by atoms with van der Waals surface area (Å²) in [5.74, 6) is 0.183. The number of carbonyl (C=O) groups is 1. The first-order valence-electron chi connectivity index (χ1n) is 7.96. The Labute approximate surface area is 124 Å². The standard InChI is InChI=1S/C16H31ClO2/c1-3-4-5-6-7-8-9-10-11-12-15(2)19-16(18)13-14-17/h15H,3-14H2,1-2H3. The molecule has 0 aromatic rings. The van der Waals surface area contributed by atoms with Crippen LogP contribution in [0.25, 0.3) is 0 Å². The van der Waals surface area contributed by atoms with Gasteiger partial charge in [0.15, 0.2) is 0 Å². The van der Waals surface area contributed by atoms with Gasteiger partial charge < -0.3 is 4.74 Å². The van der Waals surface area contributed by atoms with Crippen molar-refractivity contribution in [3.05, 3.63) is 0 Å². The molecule has 19 heavy (non-hydrogen) atoms. The molecule has 1 atom stereocenters. The van der Waals surface area contributed by atoms with Crippen molar-refractivity contribution in [3.8, 4) is 0 Å². The van der Waals surface area contributed by atoms with E-state index in [0.717, 1.165) is 12.8 Å². The van der Waals surface area contributed by atoms with Crippen LogP contribution in [-0.2, 0) is 9.53 Å². The van der Waals surface area contributed by atoms with E-state index in [1.54, 1.807) is 0 Å². The van der Waals surface area contributed by atoms with Crippen molar-refractivity contribution < 1.29 is 9.53 Å². The smallest absolute Gasteiger partial charge is 0.307 e. The third kappa shape index (κ3) is 14.0. The minimum atomic E-state index is -0.168. The molecule has 0 aliphatic rings. The highest BCUT2D eigenvalue weighted by Crippen LogP contribution is 2.12. The maximum atomic E-state index is 11.2. The third-order valence-electron chi connectivity index (χ3n) is 3.35. The Hall–Kier alpha value is -0.240. The summed E-state index contributed by atoms with van der Waals surface area (Å²) in [4.78, 5) is 11.2. The normalized spacial score (nSPS) is 12.4. The van der Waals surface area contributed by atoms with Gasteiger partial charge in [0.1, 0.15) is 0 Å². The topological polar surface area (TPSA) is 26.3 Å². The molecule has 0 aromatic carbocycles. The van der Waals surface area contributed by atoms with Crippen molar-refractivity contribution >= 4 is 17.6 Å². The van der Waals surface area contributed by atoms with E-state index >= 15 is 0 Å². The number of ether oxygens (including phenoxy) is 1. The molecule has 1 unspecified atom stereocenters. The van der Waals surface area contributed by atoms with Crippen molar-refractivity contribution in [1.82, 2.24) is 0 Å². The number of esters is 1. The lowest BCUT2D eigenvalue weighted by molar-refractivity contribution is -0.148. The predicted octanol–water partition coefficient (Wildman–Crippen LogP) is 5.47. The monoisotopic (exact) mass is 290 g/mol. The molecule has 114 valence electrons. The van der Waals surface area contributed by atoms with Gasteiger partial charge in [-0.3, -0.25) is 4.79 Å². The summed E-state index contributed by atoms with van der Waals surface area (Å²) in [6.07, 6.45) is 13.3. The van der Waals surface area contributed by atoms with Gasteiger partial charge in [0.05, 0.1) is 12.5 Å². The maximum absolute atomic E-state index is 11.2. The van der Waals surface area contributed by atoms with E-state index < -0.39 is 0 Å². The molecule has 0 saturated heterocycles. The number of hydrogen-bond donors (Lipinski definition) is 0. The molecule has 3 heteroatoms. The van der Waals surface area contributed by atoms with E-state index in [1.807, 2.05) is 6.92 Å². The van der Waals surface area contributed by atoms with Crippen molar-refractivity contribution in [1.29, 1.82) is 0 Å². The van der Waals surface area contributed by atoms with E-state index in [9.17, 15) is 4.79 Å². The second-order valence-corrected chi connectivity index (χ2v) is 5.73. The van der Waals surface area contributed by atoms with Gasteiger partial charge in [-0.05, 0) is 19.8 Å². The van der Waals surface area contributed by atoms with Crippen LogP contribution in [0.5, 0.6) is 0 Å². The van der Waals surface area contributed by atoms with Crippen LogP contribution in [0, 0.1) is 0 Å². The van der Waals surface area contributed by atoms with Crippen LogP contribution in [0.3, 0.4) is 0 Å². The number of unbranched alkanes of at least 4 members (excludes halogenated alkanes) is 8. The zero-order chi connectivity index (χ0) is 14.3. The van der Waals surface area contributed by atoms with Crippen LogP contribution >= 0.6 is 11.6 Å². The SMILES string of the molecule is CCCCCCCCCCCC(C)OC(=O)CCCl. The fourth-order valence-corrected chi connectivity index (χ4v) is 2.32. The number of hydrogen-bond acceptors (Lipinski definition) is 2. The lowest BCUT2D eigenvalue weighted by Crippen LogP contribution is -2.14. The first kappa shape index (κ1) is 18.8. The summed E-state index contributed by atoms with van der Waals surface area (Å²) in [5.41, 5.74) is 0. The maximum Gasteiger partial charge on any atom is 0.307 e. The van der Waals surface area contributed by atoms with Crippen LogP contribution in [0.15, 0.2) is 0 Å². The highest BCUT2D eigenvalue weighted by molar-refractivity contribution is 6.18. The van der Waals surface area contributed by atoms with Crippen LogP contribution in [0.4, 0.5) is 0 Å². The van der Waals surface area contributed by atoms with Gasteiger partial charge >= 0.3 is 5.97 Å². The van der Waals surface area contributed by atoms with E-state index in [4.69, 9.17) is 16.3 Å². The molecule has 0 rings (SSSR count). The largest absolute Gasteiger partial charge is 0.463 e. The Morgan fingerprint density at radius 2 is 1.53 bits per heavy atom. The minimum Gasteiger partial charge on any atom is -0.463 e. The molecule has 0 radical (unpaired) electrons. The number of rotatable bonds is 13. The molecule has 0 N–H and O–H groups in total. The summed E-state index contributed by atoms with van der Waals surface area (Å²) in [6, 6.07) is 0. The molecule has 0 aliphatic heterocycles. The summed E-state index contributed by atoms with van der Waals surface area (Å²) >= 11 is 5.49. The molecule has 0 aromatic heterocycles. The number of carbonyl (C=O) groups excluding carboxylic acids is 1. The van der Waals surface area contributed by atoms with Crippen LogP contribution in [-0.4, -0.2) is 18.0 Å². The molecule has 0 fully saturated rings. The Balaban J connectivity index is 3.22. The van der Waals surface area contributed by atoms with Gasteiger partial charge in [-0.1, -0.05) is 58.3 Å². The molecular formula is C16H31ClO2. The van der Waals surface area contributed by atoms with E-state index in [1.165, 1.54) is 51.4 Å². The summed E-state index contributed by atoms with van der Waals surface area (Å²) in [7, 11) is 0. The fraction of sp³-hybridized carbons (Fsp3) is 0.938. The van der Waals surface area contributed by atoms with Gasteiger partial charge in [0.2, 0.25) is 0 Å². The summed E-state index contributed by atoms with van der Waals surface area (Å²) in [5, 5.41) is 0. The predicted molar refractivity (Wildman–Crippen MR) is 82.7 cm³/mol. The van der Waals surface area contributed by atoms with Crippen molar-refractivity contribution in [2.45, 2.75) is 90.6 Å². The first-order chi connectivity index (χ1) is 9.20. The molecule has 0 bridgehead atoms. The molecule has 2 nitrogen and oxygen atoms in total. The summed E-state index contributed by atoms with van der Waals surface area (Å²) < 4.78 is 5.24. The van der Waals surface area contributed by atoms with Gasteiger partial charge in [0.25, 0.3) is 0 Å². The van der Waals surface area contributed by atoms with Crippen molar-refractivity contribution in [2.75, 3.05) is 5.88 Å². The molecule has 0 amide bonds. The van der Waals surface area contributed by atoms with E-state index in [-0.39, 0.29) is 12.1 Å². The average Bonchev–Trinajstić information content (AvgIpc) is 2.37. The Bertz CT molecular complexity index is 207. The Morgan fingerprint density at radius 3 is 2.05 bits per heavy atom. The molecule has 0 aliphatic carbocycles. The average molecular weight is 291 g/mol. The number of halogens is 1. The van der Waals surface area contributed by atoms with Crippen molar-refractivity contribution in [2.24, 2.45) is 0 Å². The third-order valence-corrected chi connectivity index (χ3v) is 3.53. The van der Waals surface area contributed by atoms with Gasteiger partial charge in [-0.15, -0.1) is 11.6 Å². The van der Waals surface area contributed by atoms with Crippen LogP contribution in [0.1, 0.15) is 84.5 Å². The quantitative estimate of drug-likeness (QED) is 0.255. The van der Waals surface area contributed by atoms with Gasteiger partial charge in [-0.25, -0.2) is 0 Å².